The molecule has 1 fully saturated rings. The van der Waals surface area contributed by atoms with Gasteiger partial charge in [-0.05, 0) is 12.8 Å². The number of unbranched alkanes of at least 4 members (excludes halogenated alkanes) is 9. The second kappa shape index (κ2) is 15.8. The maximum atomic E-state index is 11.6. The van der Waals surface area contributed by atoms with E-state index in [2.05, 4.69) is 12.2 Å². The van der Waals surface area contributed by atoms with Crippen LogP contribution in [0.2, 0.25) is 0 Å². The number of rotatable bonds is 17. The third-order valence-corrected chi connectivity index (χ3v) is 5.70. The van der Waals surface area contributed by atoms with Gasteiger partial charge in [-0.15, -0.1) is 0 Å². The van der Waals surface area contributed by atoms with Crippen LogP contribution in [-0.2, 0) is 24.3 Å². The molecule has 1 heterocycles. The summed E-state index contributed by atoms with van der Waals surface area (Å²) in [5, 5.41) is 11.6. The lowest BCUT2D eigenvalue weighted by Crippen LogP contribution is -2.37. The van der Waals surface area contributed by atoms with Crippen LogP contribution in [0.4, 0.5) is 4.79 Å². The number of hydrogen-bond donors (Lipinski definition) is 3. The van der Waals surface area contributed by atoms with E-state index >= 15 is 0 Å². The molecule has 1 aliphatic heterocycles. The highest BCUT2D eigenvalue weighted by atomic mass is 32.2. The Morgan fingerprint density at radius 1 is 1.10 bits per heavy atom. The lowest BCUT2D eigenvalue weighted by atomic mass is 10.1. The Labute approximate surface area is 180 Å². The van der Waals surface area contributed by atoms with Crippen molar-refractivity contribution in [3.8, 4) is 0 Å². The number of aliphatic hydroxyl groups excluding tert-OH is 1. The number of carbonyl (C=O) groups excluding carboxylic acids is 1. The molecular formula is C20H39NO8S. The van der Waals surface area contributed by atoms with E-state index in [1.165, 1.54) is 51.4 Å². The zero-order valence-electron chi connectivity index (χ0n) is 18.1. The van der Waals surface area contributed by atoms with Gasteiger partial charge in [-0.25, -0.2) is 4.79 Å². The van der Waals surface area contributed by atoms with Gasteiger partial charge in [-0.3, -0.25) is 4.55 Å². The monoisotopic (exact) mass is 453 g/mol. The first-order chi connectivity index (χ1) is 14.3. The highest BCUT2D eigenvalue weighted by molar-refractivity contribution is 7.85. The molecule has 1 aliphatic rings. The molecule has 0 aromatic rings. The van der Waals surface area contributed by atoms with Crippen LogP contribution in [0.15, 0.2) is 0 Å². The predicted molar refractivity (Wildman–Crippen MR) is 113 cm³/mol. The van der Waals surface area contributed by atoms with E-state index in [4.69, 9.17) is 18.8 Å². The first-order valence-electron chi connectivity index (χ1n) is 11.1. The molecule has 1 amide bonds. The summed E-state index contributed by atoms with van der Waals surface area (Å²) >= 11 is 0. The van der Waals surface area contributed by atoms with Crippen LogP contribution in [0.25, 0.3) is 0 Å². The van der Waals surface area contributed by atoms with Gasteiger partial charge in [0.25, 0.3) is 10.1 Å². The molecule has 3 N–H and O–H groups in total. The fourth-order valence-corrected chi connectivity index (χ4v) is 3.87. The van der Waals surface area contributed by atoms with Gasteiger partial charge in [0.15, 0.2) is 6.29 Å². The Bertz CT molecular complexity index is 557. The molecule has 0 saturated carbocycles. The average molecular weight is 454 g/mol. The Hall–Kier alpha value is -0.940. The molecule has 3 unspecified atom stereocenters. The van der Waals surface area contributed by atoms with Crippen LogP contribution in [0.1, 0.15) is 77.6 Å². The van der Waals surface area contributed by atoms with Crippen molar-refractivity contribution in [1.29, 1.82) is 0 Å². The normalized spacial score (nSPS) is 20.2. The molecule has 10 heteroatoms. The van der Waals surface area contributed by atoms with Crippen molar-refractivity contribution >= 4 is 16.2 Å². The van der Waals surface area contributed by atoms with Crippen LogP contribution < -0.4 is 5.32 Å². The summed E-state index contributed by atoms with van der Waals surface area (Å²) < 4.78 is 46.1. The molecule has 9 nitrogen and oxygen atoms in total. The molecule has 0 aliphatic carbocycles. The number of hydrogen-bond acceptors (Lipinski definition) is 7. The molecule has 3 atom stereocenters. The first kappa shape index (κ1) is 27.1. The third-order valence-electron chi connectivity index (χ3n) is 4.89. The molecule has 1 saturated heterocycles. The van der Waals surface area contributed by atoms with E-state index in [9.17, 15) is 18.3 Å². The zero-order chi connectivity index (χ0) is 22.2. The molecule has 0 radical (unpaired) electrons. The summed E-state index contributed by atoms with van der Waals surface area (Å²) in [6, 6.07) is 0. The van der Waals surface area contributed by atoms with E-state index in [0.29, 0.717) is 6.61 Å². The minimum atomic E-state index is -4.30. The van der Waals surface area contributed by atoms with Crippen LogP contribution in [0.3, 0.4) is 0 Å². The number of alkyl carbamates (subject to hydrolysis) is 1. The Morgan fingerprint density at radius 3 is 2.30 bits per heavy atom. The molecule has 0 aromatic carbocycles. The van der Waals surface area contributed by atoms with Crippen molar-refractivity contribution in [2.45, 2.75) is 96.1 Å². The highest BCUT2D eigenvalue weighted by Crippen LogP contribution is 2.19. The predicted octanol–water partition coefficient (Wildman–Crippen LogP) is 3.01. The van der Waals surface area contributed by atoms with E-state index in [-0.39, 0.29) is 25.5 Å². The maximum Gasteiger partial charge on any atom is 0.407 e. The van der Waals surface area contributed by atoms with Crippen LogP contribution in [-0.4, -0.2) is 68.2 Å². The van der Waals surface area contributed by atoms with Gasteiger partial charge in [-0.2, -0.15) is 8.42 Å². The van der Waals surface area contributed by atoms with Crippen molar-refractivity contribution in [2.24, 2.45) is 0 Å². The maximum absolute atomic E-state index is 11.6. The lowest BCUT2D eigenvalue weighted by Gasteiger charge is -2.13. The van der Waals surface area contributed by atoms with Crippen LogP contribution >= 0.6 is 0 Å². The summed E-state index contributed by atoms with van der Waals surface area (Å²) in [5.41, 5.74) is 0. The van der Waals surface area contributed by atoms with Crippen molar-refractivity contribution in [3.05, 3.63) is 0 Å². The van der Waals surface area contributed by atoms with E-state index in [1.807, 2.05) is 0 Å². The standard InChI is InChI=1S/C20H39NO8S/c1-2-3-4-5-6-7-8-9-10-11-12-19-27-14-18(29-19)15-28-20(23)21-13-17(22)16-30(24,25)26/h17-19,22H,2-16H2,1H3,(H,21,23)(H,24,25,26). The fourth-order valence-electron chi connectivity index (χ4n) is 3.27. The number of nitrogens with one attached hydrogen (secondary N) is 1. The van der Waals surface area contributed by atoms with Crippen molar-refractivity contribution in [2.75, 3.05) is 25.5 Å². The molecule has 0 bridgehead atoms. The van der Waals surface area contributed by atoms with Crippen molar-refractivity contribution in [3.63, 3.8) is 0 Å². The second-order valence-electron chi connectivity index (χ2n) is 7.87. The summed E-state index contributed by atoms with van der Waals surface area (Å²) in [5.74, 6) is -0.854. The lowest BCUT2D eigenvalue weighted by molar-refractivity contribution is -0.0710. The van der Waals surface area contributed by atoms with E-state index in [0.717, 1.165) is 19.3 Å². The van der Waals surface area contributed by atoms with E-state index in [1.54, 1.807) is 0 Å². The summed E-state index contributed by atoms with van der Waals surface area (Å²) in [6.07, 6.45) is 10.7. The molecule has 178 valence electrons. The minimum absolute atomic E-state index is 0.00869. The SMILES string of the molecule is CCCCCCCCCCCCC1OCC(COC(=O)NCC(O)CS(=O)(=O)O)O1. The van der Waals surface area contributed by atoms with Crippen molar-refractivity contribution < 1.29 is 37.1 Å². The smallest absolute Gasteiger partial charge is 0.407 e. The topological polar surface area (TPSA) is 131 Å². The van der Waals surface area contributed by atoms with Gasteiger partial charge >= 0.3 is 6.09 Å². The third kappa shape index (κ3) is 15.0. The summed E-state index contributed by atoms with van der Waals surface area (Å²) in [7, 11) is -4.30. The highest BCUT2D eigenvalue weighted by Gasteiger charge is 2.26. The minimum Gasteiger partial charge on any atom is -0.447 e. The molecular weight excluding hydrogens is 414 g/mol. The quantitative estimate of drug-likeness (QED) is 0.226. The number of carbonyl (C=O) groups is 1. The van der Waals surface area contributed by atoms with E-state index < -0.39 is 28.1 Å². The summed E-state index contributed by atoms with van der Waals surface area (Å²) in [6.45, 7) is 2.24. The van der Waals surface area contributed by atoms with Gasteiger partial charge in [0, 0.05) is 6.54 Å². The average Bonchev–Trinajstić information content (AvgIpc) is 3.12. The largest absolute Gasteiger partial charge is 0.447 e. The Morgan fingerprint density at radius 2 is 1.70 bits per heavy atom. The summed E-state index contributed by atoms with van der Waals surface area (Å²) in [4.78, 5) is 11.6. The van der Waals surface area contributed by atoms with Gasteiger partial charge in [0.1, 0.15) is 18.5 Å². The van der Waals surface area contributed by atoms with Crippen LogP contribution in [0.5, 0.6) is 0 Å². The number of ether oxygens (including phenoxy) is 3. The Balaban J connectivity index is 1.98. The first-order valence-corrected chi connectivity index (χ1v) is 12.7. The van der Waals surface area contributed by atoms with Gasteiger partial charge < -0.3 is 24.6 Å². The van der Waals surface area contributed by atoms with Gasteiger partial charge in [-0.1, -0.05) is 64.7 Å². The fraction of sp³-hybridized carbons (Fsp3) is 0.950. The van der Waals surface area contributed by atoms with Gasteiger partial charge in [0.2, 0.25) is 0 Å². The molecule has 0 spiro atoms. The molecule has 0 aromatic heterocycles. The van der Waals surface area contributed by atoms with Crippen LogP contribution in [0, 0.1) is 0 Å². The number of aliphatic hydroxyl groups is 1. The Kier molecular flexibility index (Phi) is 14.3. The molecule has 30 heavy (non-hydrogen) atoms. The van der Waals surface area contributed by atoms with Gasteiger partial charge in [0.05, 0.1) is 12.7 Å². The number of amides is 1. The van der Waals surface area contributed by atoms with Crippen molar-refractivity contribution in [1.82, 2.24) is 5.32 Å². The zero-order valence-corrected chi connectivity index (χ0v) is 18.9. The molecule has 1 rings (SSSR count). The second-order valence-corrected chi connectivity index (χ2v) is 9.37.